The molecule has 32 heavy (non-hydrogen) atoms. The highest BCUT2D eigenvalue weighted by atomic mass is 16.5. The lowest BCUT2D eigenvalue weighted by Gasteiger charge is -2.26. The summed E-state index contributed by atoms with van der Waals surface area (Å²) in [6, 6.07) is 12.0. The highest BCUT2D eigenvalue weighted by molar-refractivity contribution is 5.73. The van der Waals surface area contributed by atoms with Gasteiger partial charge in [0.2, 0.25) is 0 Å². The summed E-state index contributed by atoms with van der Waals surface area (Å²) >= 11 is 0. The third-order valence-corrected chi connectivity index (χ3v) is 5.45. The number of nitrogens with zero attached hydrogens (tertiary/aromatic N) is 3. The zero-order valence-electron chi connectivity index (χ0n) is 18.7. The number of nitrogens with one attached hydrogen (secondary N) is 1. The Morgan fingerprint density at radius 2 is 1.97 bits per heavy atom. The summed E-state index contributed by atoms with van der Waals surface area (Å²) in [5.41, 5.74) is 3.90. The van der Waals surface area contributed by atoms with Gasteiger partial charge in [0.15, 0.2) is 0 Å². The molecule has 3 heterocycles. The fraction of sp³-hybridized carbons (Fsp3) is 0.320. The molecule has 1 aromatic carbocycles. The van der Waals surface area contributed by atoms with Gasteiger partial charge in [0.1, 0.15) is 18.1 Å². The lowest BCUT2D eigenvalue weighted by Crippen LogP contribution is -2.38. The van der Waals surface area contributed by atoms with Gasteiger partial charge in [0.25, 0.3) is 0 Å². The minimum absolute atomic E-state index is 0.644. The molecule has 0 spiro atoms. The fourth-order valence-electron chi connectivity index (χ4n) is 3.56. The van der Waals surface area contributed by atoms with Crippen LogP contribution in [-0.2, 0) is 11.8 Å². The van der Waals surface area contributed by atoms with E-state index in [4.69, 9.17) is 14.2 Å². The maximum absolute atomic E-state index is 5.93. The van der Waals surface area contributed by atoms with Gasteiger partial charge in [-0.1, -0.05) is 0 Å². The van der Waals surface area contributed by atoms with E-state index in [0.29, 0.717) is 6.61 Å². The molecule has 0 aliphatic carbocycles. The number of ether oxygens (including phenoxy) is 3. The van der Waals surface area contributed by atoms with Crippen LogP contribution in [0.4, 0.5) is 0 Å². The van der Waals surface area contributed by atoms with Crippen molar-refractivity contribution in [1.29, 1.82) is 0 Å². The number of aromatic amines is 1. The Hall–Kier alpha value is -3.29. The number of H-pyrrole nitrogens is 1. The van der Waals surface area contributed by atoms with Gasteiger partial charge in [-0.25, -0.2) is 0 Å². The molecular weight excluding hydrogens is 404 g/mol. The van der Waals surface area contributed by atoms with Crippen molar-refractivity contribution in [2.75, 3.05) is 46.6 Å². The number of methoxy groups -OCH3 is 1. The summed E-state index contributed by atoms with van der Waals surface area (Å²) < 4.78 is 18.9. The van der Waals surface area contributed by atoms with Gasteiger partial charge in [0.05, 0.1) is 31.7 Å². The van der Waals surface area contributed by atoms with Crippen LogP contribution in [-0.4, -0.2) is 66.2 Å². The van der Waals surface area contributed by atoms with Crippen molar-refractivity contribution in [1.82, 2.24) is 19.7 Å². The molecule has 1 fully saturated rings. The van der Waals surface area contributed by atoms with Crippen LogP contribution in [0.2, 0.25) is 0 Å². The lowest BCUT2D eigenvalue weighted by atomic mass is 10.1. The second-order valence-electron chi connectivity index (χ2n) is 7.67. The Balaban J connectivity index is 1.34. The van der Waals surface area contributed by atoms with Crippen LogP contribution in [0.5, 0.6) is 11.5 Å². The summed E-state index contributed by atoms with van der Waals surface area (Å²) in [4.78, 5) is 2.35. The molecule has 1 N–H and O–H groups in total. The first-order valence-corrected chi connectivity index (χ1v) is 10.8. The number of benzene rings is 1. The third kappa shape index (κ3) is 5.90. The molecule has 0 saturated carbocycles. The maximum atomic E-state index is 5.93. The van der Waals surface area contributed by atoms with Crippen molar-refractivity contribution in [2.45, 2.75) is 0 Å². The van der Waals surface area contributed by atoms with Crippen LogP contribution in [0, 0.1) is 0 Å². The van der Waals surface area contributed by atoms with E-state index in [1.807, 2.05) is 61.8 Å². The van der Waals surface area contributed by atoms with Crippen molar-refractivity contribution in [3.05, 3.63) is 65.2 Å². The number of rotatable bonds is 9. The van der Waals surface area contributed by atoms with Crippen LogP contribution >= 0.6 is 0 Å². The number of aryl methyl sites for hydroxylation is 1. The molecule has 4 rings (SSSR count). The van der Waals surface area contributed by atoms with E-state index in [1.165, 1.54) is 0 Å². The SMILES string of the molecule is COc1cc(OCCN2CCOCC2)ccc1/C=C/c1cc(/C=C/c2cccn2C)[nH]n1. The van der Waals surface area contributed by atoms with Gasteiger partial charge in [0, 0.05) is 50.2 Å². The topological polar surface area (TPSA) is 64.5 Å². The van der Waals surface area contributed by atoms with Crippen LogP contribution in [0.3, 0.4) is 0 Å². The highest BCUT2D eigenvalue weighted by Crippen LogP contribution is 2.26. The second-order valence-corrected chi connectivity index (χ2v) is 7.67. The summed E-state index contributed by atoms with van der Waals surface area (Å²) in [5, 5.41) is 7.41. The van der Waals surface area contributed by atoms with E-state index in [-0.39, 0.29) is 0 Å². The number of hydrogen-bond donors (Lipinski definition) is 1. The van der Waals surface area contributed by atoms with Gasteiger partial charge in [-0.3, -0.25) is 10.00 Å². The van der Waals surface area contributed by atoms with Gasteiger partial charge in [-0.2, -0.15) is 5.10 Å². The molecule has 1 aliphatic heterocycles. The summed E-state index contributed by atoms with van der Waals surface area (Å²) in [5.74, 6) is 1.57. The molecule has 1 saturated heterocycles. The largest absolute Gasteiger partial charge is 0.496 e. The Labute approximate surface area is 188 Å². The molecule has 0 radical (unpaired) electrons. The lowest BCUT2D eigenvalue weighted by molar-refractivity contribution is 0.0322. The van der Waals surface area contributed by atoms with E-state index in [1.54, 1.807) is 7.11 Å². The van der Waals surface area contributed by atoms with E-state index >= 15 is 0 Å². The number of morpholine rings is 1. The number of hydrogen-bond acceptors (Lipinski definition) is 5. The molecule has 7 heteroatoms. The van der Waals surface area contributed by atoms with Gasteiger partial charge < -0.3 is 18.8 Å². The molecule has 0 unspecified atom stereocenters. The molecule has 0 bridgehead atoms. The normalized spacial score (nSPS) is 15.1. The smallest absolute Gasteiger partial charge is 0.129 e. The summed E-state index contributed by atoms with van der Waals surface area (Å²) in [6.45, 7) is 5.07. The zero-order valence-corrected chi connectivity index (χ0v) is 18.7. The first-order valence-electron chi connectivity index (χ1n) is 10.8. The summed E-state index contributed by atoms with van der Waals surface area (Å²) in [6.07, 6.45) is 10.1. The molecule has 7 nitrogen and oxygen atoms in total. The predicted molar refractivity (Wildman–Crippen MR) is 128 cm³/mol. The van der Waals surface area contributed by atoms with Crippen molar-refractivity contribution in [3.8, 4) is 11.5 Å². The molecule has 3 aromatic rings. The first kappa shape index (κ1) is 21.9. The Morgan fingerprint density at radius 3 is 2.75 bits per heavy atom. The van der Waals surface area contributed by atoms with Crippen LogP contribution in [0.15, 0.2) is 42.6 Å². The van der Waals surface area contributed by atoms with Gasteiger partial charge >= 0.3 is 0 Å². The summed E-state index contributed by atoms with van der Waals surface area (Å²) in [7, 11) is 3.69. The number of aromatic nitrogens is 3. The average molecular weight is 435 g/mol. The van der Waals surface area contributed by atoms with Crippen molar-refractivity contribution in [3.63, 3.8) is 0 Å². The molecule has 0 atom stereocenters. The van der Waals surface area contributed by atoms with Crippen LogP contribution in [0.25, 0.3) is 24.3 Å². The average Bonchev–Trinajstić information content (AvgIpc) is 3.45. The van der Waals surface area contributed by atoms with Gasteiger partial charge in [-0.05, 0) is 54.6 Å². The van der Waals surface area contributed by atoms with Crippen LogP contribution in [0.1, 0.15) is 22.6 Å². The van der Waals surface area contributed by atoms with Crippen molar-refractivity contribution < 1.29 is 14.2 Å². The fourth-order valence-corrected chi connectivity index (χ4v) is 3.56. The van der Waals surface area contributed by atoms with Crippen molar-refractivity contribution in [2.24, 2.45) is 7.05 Å². The Morgan fingerprint density at radius 1 is 1.09 bits per heavy atom. The van der Waals surface area contributed by atoms with E-state index in [2.05, 4.69) is 31.8 Å². The standard InChI is InChI=1S/C25H30N4O3/c1-28-11-3-4-23(28)9-8-22-18-21(26-27-22)7-5-20-6-10-24(19-25(20)30-2)32-17-14-29-12-15-31-16-13-29/h3-11,18-19H,12-17H2,1-2H3,(H,26,27)/b7-5+,9-8+. The van der Waals surface area contributed by atoms with Crippen molar-refractivity contribution >= 4 is 24.3 Å². The first-order chi connectivity index (χ1) is 15.7. The Kier molecular flexibility index (Phi) is 7.42. The molecule has 168 valence electrons. The molecular formula is C25H30N4O3. The van der Waals surface area contributed by atoms with Crippen LogP contribution < -0.4 is 9.47 Å². The third-order valence-electron chi connectivity index (χ3n) is 5.45. The second kappa shape index (κ2) is 10.8. The zero-order chi connectivity index (χ0) is 22.2. The molecule has 2 aromatic heterocycles. The predicted octanol–water partition coefficient (Wildman–Crippen LogP) is 3.81. The van der Waals surface area contributed by atoms with E-state index in [9.17, 15) is 0 Å². The molecule has 1 aliphatic rings. The highest BCUT2D eigenvalue weighted by Gasteiger charge is 2.10. The monoisotopic (exact) mass is 434 g/mol. The quantitative estimate of drug-likeness (QED) is 0.555. The minimum atomic E-state index is 0.644. The molecule has 0 amide bonds. The van der Waals surface area contributed by atoms with E-state index < -0.39 is 0 Å². The maximum Gasteiger partial charge on any atom is 0.129 e. The Bertz CT molecular complexity index is 1060. The minimum Gasteiger partial charge on any atom is -0.496 e. The van der Waals surface area contributed by atoms with Gasteiger partial charge in [-0.15, -0.1) is 0 Å². The van der Waals surface area contributed by atoms with E-state index in [0.717, 1.165) is 67.0 Å².